The van der Waals surface area contributed by atoms with Gasteiger partial charge in [0, 0.05) is 15.7 Å². The Morgan fingerprint density at radius 2 is 1.81 bits per heavy atom. The van der Waals surface area contributed by atoms with Crippen molar-refractivity contribution in [3.63, 3.8) is 0 Å². The Hall–Kier alpha value is -2.18. The number of carbonyl (C=O) groups excluding carboxylic acids is 1. The van der Waals surface area contributed by atoms with Gasteiger partial charge in [0.05, 0.1) is 6.04 Å². The number of ether oxygens (including phenoxy) is 1. The van der Waals surface area contributed by atoms with Gasteiger partial charge in [0.25, 0.3) is 0 Å². The zero-order valence-corrected chi connectivity index (χ0v) is 16.9. The highest BCUT2D eigenvalue weighted by Gasteiger charge is 2.27. The third-order valence-corrected chi connectivity index (χ3v) is 4.93. The van der Waals surface area contributed by atoms with Crippen molar-refractivity contribution < 1.29 is 9.53 Å². The van der Waals surface area contributed by atoms with Crippen molar-refractivity contribution in [2.45, 2.75) is 26.5 Å². The van der Waals surface area contributed by atoms with Gasteiger partial charge in [-0.05, 0) is 61.5 Å². The Morgan fingerprint density at radius 3 is 2.42 bits per heavy atom. The van der Waals surface area contributed by atoms with Gasteiger partial charge < -0.3 is 15.4 Å². The zero-order chi connectivity index (χ0) is 18.7. The van der Waals surface area contributed by atoms with Crippen molar-refractivity contribution in [3.05, 3.63) is 75.4 Å². The topological polar surface area (TPSA) is 50.4 Å². The SMILES string of the molecule is CC(=O)C1=C(C)NC(=S)NC1c1ccc(OCc2ccc(Br)cc2)cc1. The van der Waals surface area contributed by atoms with Gasteiger partial charge in [0.2, 0.25) is 0 Å². The number of rotatable bonds is 5. The zero-order valence-electron chi connectivity index (χ0n) is 14.5. The van der Waals surface area contributed by atoms with Gasteiger partial charge in [-0.25, -0.2) is 0 Å². The van der Waals surface area contributed by atoms with Crippen LogP contribution in [0.25, 0.3) is 0 Å². The fourth-order valence-electron chi connectivity index (χ4n) is 2.91. The molecule has 0 bridgehead atoms. The van der Waals surface area contributed by atoms with Gasteiger partial charge >= 0.3 is 0 Å². The molecule has 4 nitrogen and oxygen atoms in total. The van der Waals surface area contributed by atoms with E-state index in [1.807, 2.05) is 55.5 Å². The lowest BCUT2D eigenvalue weighted by Gasteiger charge is -2.29. The van der Waals surface area contributed by atoms with E-state index in [1.54, 1.807) is 6.92 Å². The van der Waals surface area contributed by atoms with Crippen LogP contribution in [0.1, 0.15) is 31.0 Å². The standard InChI is InChI=1S/C20H19BrN2O2S/c1-12-18(13(2)24)19(23-20(26)22-12)15-5-9-17(10-6-15)25-11-14-3-7-16(21)8-4-14/h3-10,19H,11H2,1-2H3,(H2,22,23,26). The van der Waals surface area contributed by atoms with Crippen LogP contribution in [-0.4, -0.2) is 10.9 Å². The van der Waals surface area contributed by atoms with E-state index in [0.717, 1.165) is 27.0 Å². The molecule has 0 saturated carbocycles. The van der Waals surface area contributed by atoms with Crippen LogP contribution < -0.4 is 15.4 Å². The molecule has 0 saturated heterocycles. The summed E-state index contributed by atoms with van der Waals surface area (Å²) in [6.07, 6.45) is 0. The van der Waals surface area contributed by atoms with E-state index >= 15 is 0 Å². The molecule has 1 aliphatic rings. The van der Waals surface area contributed by atoms with Crippen LogP contribution >= 0.6 is 28.1 Å². The summed E-state index contributed by atoms with van der Waals surface area (Å²) in [7, 11) is 0. The quantitative estimate of drug-likeness (QED) is 0.687. The first-order valence-electron chi connectivity index (χ1n) is 8.20. The van der Waals surface area contributed by atoms with E-state index in [-0.39, 0.29) is 11.8 Å². The molecule has 6 heteroatoms. The van der Waals surface area contributed by atoms with E-state index in [0.29, 0.717) is 17.3 Å². The Labute approximate surface area is 166 Å². The minimum Gasteiger partial charge on any atom is -0.489 e. The van der Waals surface area contributed by atoms with Crippen molar-refractivity contribution >= 4 is 39.0 Å². The molecule has 2 aromatic carbocycles. The van der Waals surface area contributed by atoms with E-state index in [4.69, 9.17) is 17.0 Å². The van der Waals surface area contributed by atoms with Gasteiger partial charge in [0.15, 0.2) is 10.9 Å². The van der Waals surface area contributed by atoms with Crippen molar-refractivity contribution in [1.82, 2.24) is 10.6 Å². The van der Waals surface area contributed by atoms with Crippen LogP contribution in [0.4, 0.5) is 0 Å². The maximum absolute atomic E-state index is 12.0. The molecule has 2 N–H and O–H groups in total. The summed E-state index contributed by atoms with van der Waals surface area (Å²) < 4.78 is 6.88. The second-order valence-corrected chi connectivity index (χ2v) is 7.43. The van der Waals surface area contributed by atoms with Crippen LogP contribution in [0, 0.1) is 0 Å². The number of allylic oxidation sites excluding steroid dienone is 1. The maximum Gasteiger partial charge on any atom is 0.171 e. The third-order valence-electron chi connectivity index (χ3n) is 4.18. The highest BCUT2D eigenvalue weighted by atomic mass is 79.9. The molecule has 1 aliphatic heterocycles. The first-order valence-corrected chi connectivity index (χ1v) is 9.40. The van der Waals surface area contributed by atoms with Crippen LogP contribution in [0.15, 0.2) is 64.3 Å². The van der Waals surface area contributed by atoms with E-state index < -0.39 is 0 Å². The number of ketones is 1. The Balaban J connectivity index is 1.74. The average molecular weight is 431 g/mol. The number of thiocarbonyl (C=S) groups is 1. The van der Waals surface area contributed by atoms with Gasteiger partial charge in [-0.15, -0.1) is 0 Å². The predicted molar refractivity (Wildman–Crippen MR) is 110 cm³/mol. The molecule has 1 unspecified atom stereocenters. The Morgan fingerprint density at radius 1 is 1.15 bits per heavy atom. The molecule has 0 amide bonds. The normalized spacial score (nSPS) is 16.7. The fraction of sp³-hybridized carbons (Fsp3) is 0.200. The summed E-state index contributed by atoms with van der Waals surface area (Å²) >= 11 is 8.66. The average Bonchev–Trinajstić information content (AvgIpc) is 2.60. The summed E-state index contributed by atoms with van der Waals surface area (Å²) in [5.74, 6) is 0.795. The minimum atomic E-state index is -0.248. The van der Waals surface area contributed by atoms with Gasteiger partial charge in [0.1, 0.15) is 12.4 Å². The fourth-order valence-corrected chi connectivity index (χ4v) is 3.45. The monoisotopic (exact) mass is 430 g/mol. The first-order chi connectivity index (χ1) is 12.4. The molecular formula is C20H19BrN2O2S. The number of benzene rings is 2. The summed E-state index contributed by atoms with van der Waals surface area (Å²) in [4.78, 5) is 12.0. The lowest BCUT2D eigenvalue weighted by atomic mass is 9.93. The van der Waals surface area contributed by atoms with E-state index in [9.17, 15) is 4.79 Å². The first kappa shape index (κ1) is 18.6. The van der Waals surface area contributed by atoms with E-state index in [1.165, 1.54) is 0 Å². The number of carbonyl (C=O) groups is 1. The van der Waals surface area contributed by atoms with Crippen LogP contribution in [-0.2, 0) is 11.4 Å². The van der Waals surface area contributed by atoms with Crippen molar-refractivity contribution in [1.29, 1.82) is 0 Å². The Bertz CT molecular complexity index is 860. The largest absolute Gasteiger partial charge is 0.489 e. The van der Waals surface area contributed by atoms with Crippen LogP contribution in [0.2, 0.25) is 0 Å². The molecule has 0 fully saturated rings. The number of Topliss-reactive ketones (excluding diaryl/α,β-unsaturated/α-hetero) is 1. The highest BCUT2D eigenvalue weighted by molar-refractivity contribution is 9.10. The van der Waals surface area contributed by atoms with E-state index in [2.05, 4.69) is 26.6 Å². The molecule has 3 rings (SSSR count). The summed E-state index contributed by atoms with van der Waals surface area (Å²) in [5.41, 5.74) is 3.55. The molecule has 0 aliphatic carbocycles. The molecule has 0 radical (unpaired) electrons. The third kappa shape index (κ3) is 4.31. The molecule has 26 heavy (non-hydrogen) atoms. The summed E-state index contributed by atoms with van der Waals surface area (Å²) in [6, 6.07) is 15.5. The van der Waals surface area contributed by atoms with Gasteiger partial charge in [-0.2, -0.15) is 0 Å². The number of halogens is 1. The molecule has 2 aromatic rings. The molecule has 0 spiro atoms. The van der Waals surface area contributed by atoms with Crippen molar-refractivity contribution in [3.8, 4) is 5.75 Å². The number of nitrogens with one attached hydrogen (secondary N) is 2. The van der Waals surface area contributed by atoms with Crippen LogP contribution in [0.5, 0.6) is 5.75 Å². The summed E-state index contributed by atoms with van der Waals surface area (Å²) in [5, 5.41) is 6.71. The second-order valence-electron chi connectivity index (χ2n) is 6.11. The van der Waals surface area contributed by atoms with Crippen molar-refractivity contribution in [2.75, 3.05) is 0 Å². The van der Waals surface area contributed by atoms with Crippen molar-refractivity contribution in [2.24, 2.45) is 0 Å². The molecule has 1 atom stereocenters. The Kier molecular flexibility index (Phi) is 5.74. The number of hydrogen-bond donors (Lipinski definition) is 2. The molecule has 0 aromatic heterocycles. The maximum atomic E-state index is 12.0. The minimum absolute atomic E-state index is 0.0190. The molecule has 134 valence electrons. The molecular weight excluding hydrogens is 412 g/mol. The lowest BCUT2D eigenvalue weighted by Crippen LogP contribution is -2.44. The summed E-state index contributed by atoms with van der Waals surface area (Å²) in [6.45, 7) is 3.94. The van der Waals surface area contributed by atoms with Gasteiger partial charge in [-0.3, -0.25) is 4.79 Å². The molecule has 1 heterocycles. The number of hydrogen-bond acceptors (Lipinski definition) is 3. The van der Waals surface area contributed by atoms with Crippen LogP contribution in [0.3, 0.4) is 0 Å². The second kappa shape index (κ2) is 8.01. The van der Waals surface area contributed by atoms with Gasteiger partial charge in [-0.1, -0.05) is 40.2 Å². The highest BCUT2D eigenvalue weighted by Crippen LogP contribution is 2.28. The smallest absolute Gasteiger partial charge is 0.171 e. The predicted octanol–water partition coefficient (Wildman–Crippen LogP) is 4.41. The lowest BCUT2D eigenvalue weighted by molar-refractivity contribution is -0.114.